The van der Waals surface area contributed by atoms with Crippen LogP contribution in [0.2, 0.25) is 5.28 Å². The fourth-order valence-corrected chi connectivity index (χ4v) is 2.14. The van der Waals surface area contributed by atoms with Crippen molar-refractivity contribution in [2.75, 3.05) is 29.6 Å². The normalized spacial score (nSPS) is 10.5. The summed E-state index contributed by atoms with van der Waals surface area (Å²) in [5, 5.41) is 3.44. The van der Waals surface area contributed by atoms with Gasteiger partial charge in [-0.05, 0) is 43.4 Å². The molecule has 0 bridgehead atoms. The Balaban J connectivity index is 2.36. The van der Waals surface area contributed by atoms with Crippen molar-refractivity contribution >= 4 is 34.9 Å². The van der Waals surface area contributed by atoms with Crippen LogP contribution < -0.4 is 11.1 Å². The number of halogens is 1. The lowest BCUT2D eigenvalue weighted by Gasteiger charge is -2.09. The molecule has 4 nitrogen and oxygen atoms in total. The third kappa shape index (κ3) is 5.00. The number of anilines is 2. The van der Waals surface area contributed by atoms with E-state index in [4.69, 9.17) is 17.3 Å². The van der Waals surface area contributed by atoms with E-state index in [0.717, 1.165) is 18.7 Å². The summed E-state index contributed by atoms with van der Waals surface area (Å²) in [5.74, 6) is 1.87. The Bertz CT molecular complexity index is 360. The second-order valence-electron chi connectivity index (χ2n) is 3.82. The van der Waals surface area contributed by atoms with E-state index in [1.165, 1.54) is 18.6 Å². The number of aromatic nitrogens is 2. The molecule has 0 aliphatic carbocycles. The van der Waals surface area contributed by atoms with E-state index in [2.05, 4.69) is 21.5 Å². The first-order valence-electron chi connectivity index (χ1n) is 5.67. The van der Waals surface area contributed by atoms with E-state index < -0.39 is 0 Å². The van der Waals surface area contributed by atoms with Crippen LogP contribution in [0.5, 0.6) is 0 Å². The van der Waals surface area contributed by atoms with Crippen LogP contribution in [0.25, 0.3) is 0 Å². The zero-order valence-electron chi connectivity index (χ0n) is 10.3. The van der Waals surface area contributed by atoms with E-state index in [1.807, 2.05) is 18.7 Å². The van der Waals surface area contributed by atoms with Crippen LogP contribution >= 0.6 is 23.4 Å². The number of thioether (sulfide) groups is 1. The van der Waals surface area contributed by atoms with Gasteiger partial charge in [0.05, 0.1) is 11.4 Å². The lowest BCUT2D eigenvalue weighted by Crippen LogP contribution is -2.08. The van der Waals surface area contributed by atoms with Gasteiger partial charge in [-0.2, -0.15) is 16.7 Å². The van der Waals surface area contributed by atoms with Crippen LogP contribution in [0.4, 0.5) is 11.5 Å². The van der Waals surface area contributed by atoms with Gasteiger partial charge in [-0.1, -0.05) is 6.42 Å². The number of unbranched alkanes of at least 4 members (excludes halogenated alkanes) is 2. The molecule has 1 heterocycles. The molecule has 0 aromatic carbocycles. The molecular formula is C11H19ClN4S. The quantitative estimate of drug-likeness (QED) is 0.591. The van der Waals surface area contributed by atoms with E-state index in [-0.39, 0.29) is 5.28 Å². The van der Waals surface area contributed by atoms with E-state index >= 15 is 0 Å². The predicted molar refractivity (Wildman–Crippen MR) is 76.9 cm³/mol. The second-order valence-corrected chi connectivity index (χ2v) is 5.14. The highest BCUT2D eigenvalue weighted by Crippen LogP contribution is 2.20. The van der Waals surface area contributed by atoms with Crippen molar-refractivity contribution < 1.29 is 0 Å². The summed E-state index contributed by atoms with van der Waals surface area (Å²) in [7, 11) is 0. The number of rotatable bonds is 7. The Labute approximate surface area is 112 Å². The van der Waals surface area contributed by atoms with Crippen LogP contribution in [-0.2, 0) is 0 Å². The van der Waals surface area contributed by atoms with Gasteiger partial charge in [-0.3, -0.25) is 0 Å². The Morgan fingerprint density at radius 2 is 2.06 bits per heavy atom. The average Bonchev–Trinajstić information content (AvgIpc) is 2.29. The van der Waals surface area contributed by atoms with E-state index in [1.54, 1.807) is 0 Å². The number of hydrogen-bond donors (Lipinski definition) is 2. The number of nitrogen functional groups attached to an aromatic ring is 1. The van der Waals surface area contributed by atoms with Gasteiger partial charge in [0.15, 0.2) is 5.82 Å². The van der Waals surface area contributed by atoms with Gasteiger partial charge in [0, 0.05) is 6.54 Å². The molecule has 0 aliphatic heterocycles. The number of nitrogens with zero attached hydrogens (tertiary/aromatic N) is 2. The first-order chi connectivity index (χ1) is 8.15. The van der Waals surface area contributed by atoms with Gasteiger partial charge in [0.25, 0.3) is 0 Å². The molecule has 0 aliphatic rings. The number of aryl methyl sites for hydroxylation is 1. The molecule has 1 aromatic rings. The number of nitrogens with one attached hydrogen (secondary N) is 1. The highest BCUT2D eigenvalue weighted by Gasteiger charge is 2.06. The minimum Gasteiger partial charge on any atom is -0.394 e. The molecule has 1 rings (SSSR count). The first-order valence-corrected chi connectivity index (χ1v) is 7.44. The van der Waals surface area contributed by atoms with Crippen molar-refractivity contribution in [1.82, 2.24) is 9.97 Å². The smallest absolute Gasteiger partial charge is 0.224 e. The van der Waals surface area contributed by atoms with Gasteiger partial charge < -0.3 is 11.1 Å². The first kappa shape index (κ1) is 14.4. The van der Waals surface area contributed by atoms with E-state index in [0.29, 0.717) is 11.5 Å². The molecule has 0 spiro atoms. The molecule has 0 amide bonds. The summed E-state index contributed by atoms with van der Waals surface area (Å²) in [4.78, 5) is 8.07. The maximum Gasteiger partial charge on any atom is 0.224 e. The largest absolute Gasteiger partial charge is 0.394 e. The monoisotopic (exact) mass is 274 g/mol. The summed E-state index contributed by atoms with van der Waals surface area (Å²) < 4.78 is 0. The summed E-state index contributed by atoms with van der Waals surface area (Å²) in [6.45, 7) is 2.69. The lowest BCUT2D eigenvalue weighted by molar-refractivity contribution is 0.748. The maximum atomic E-state index is 5.86. The fourth-order valence-electron chi connectivity index (χ4n) is 1.44. The Hall–Kier alpha value is -0.680. The standard InChI is InChI=1S/C11H19ClN4S/c1-8-9(13)10(16-11(12)15-8)14-6-4-3-5-7-17-2/h3-7,13H2,1-2H3,(H,14,15,16). The second kappa shape index (κ2) is 7.61. The van der Waals surface area contributed by atoms with Gasteiger partial charge in [-0.25, -0.2) is 4.98 Å². The number of hydrogen-bond acceptors (Lipinski definition) is 5. The Morgan fingerprint density at radius 3 is 2.76 bits per heavy atom. The minimum absolute atomic E-state index is 0.238. The minimum atomic E-state index is 0.238. The number of nitrogens with two attached hydrogens (primary N) is 1. The van der Waals surface area contributed by atoms with Gasteiger partial charge in [0.1, 0.15) is 0 Å². The molecule has 0 atom stereocenters. The highest BCUT2D eigenvalue weighted by atomic mass is 35.5. The predicted octanol–water partition coefficient (Wildman–Crippen LogP) is 2.97. The van der Waals surface area contributed by atoms with Gasteiger partial charge >= 0.3 is 0 Å². The Kier molecular flexibility index (Phi) is 6.44. The summed E-state index contributed by atoms with van der Waals surface area (Å²) >= 11 is 7.67. The van der Waals surface area contributed by atoms with Crippen molar-refractivity contribution in [3.05, 3.63) is 11.0 Å². The van der Waals surface area contributed by atoms with Crippen LogP contribution in [0.1, 0.15) is 25.0 Å². The van der Waals surface area contributed by atoms with Crippen LogP contribution in [0.3, 0.4) is 0 Å². The maximum absolute atomic E-state index is 5.86. The molecule has 0 radical (unpaired) electrons. The molecular weight excluding hydrogens is 256 g/mol. The molecule has 3 N–H and O–H groups in total. The molecule has 0 unspecified atom stereocenters. The van der Waals surface area contributed by atoms with Gasteiger partial charge in [-0.15, -0.1) is 0 Å². The summed E-state index contributed by atoms with van der Waals surface area (Å²) in [6.07, 6.45) is 5.71. The highest BCUT2D eigenvalue weighted by molar-refractivity contribution is 7.98. The van der Waals surface area contributed by atoms with Crippen LogP contribution in [0, 0.1) is 6.92 Å². The van der Waals surface area contributed by atoms with Crippen molar-refractivity contribution in [2.24, 2.45) is 0 Å². The molecule has 96 valence electrons. The molecule has 6 heteroatoms. The topological polar surface area (TPSA) is 63.8 Å². The van der Waals surface area contributed by atoms with Crippen molar-refractivity contribution in [1.29, 1.82) is 0 Å². The average molecular weight is 275 g/mol. The molecule has 0 saturated carbocycles. The zero-order valence-corrected chi connectivity index (χ0v) is 11.9. The summed E-state index contributed by atoms with van der Waals surface area (Å²) in [5.41, 5.74) is 7.16. The lowest BCUT2D eigenvalue weighted by atomic mass is 10.2. The SMILES string of the molecule is CSCCCCCNc1nc(Cl)nc(C)c1N. The molecule has 0 saturated heterocycles. The van der Waals surface area contributed by atoms with Crippen LogP contribution in [-0.4, -0.2) is 28.5 Å². The molecule has 1 aromatic heterocycles. The molecule has 17 heavy (non-hydrogen) atoms. The fraction of sp³-hybridized carbons (Fsp3) is 0.636. The third-order valence-corrected chi connectivity index (χ3v) is 3.29. The van der Waals surface area contributed by atoms with Crippen molar-refractivity contribution in [3.63, 3.8) is 0 Å². The van der Waals surface area contributed by atoms with Gasteiger partial charge in [0.2, 0.25) is 5.28 Å². The summed E-state index contributed by atoms with van der Waals surface area (Å²) in [6, 6.07) is 0. The van der Waals surface area contributed by atoms with Crippen molar-refractivity contribution in [2.45, 2.75) is 26.2 Å². The zero-order chi connectivity index (χ0) is 12.7. The van der Waals surface area contributed by atoms with Crippen molar-refractivity contribution in [3.8, 4) is 0 Å². The Morgan fingerprint density at radius 1 is 1.29 bits per heavy atom. The third-order valence-electron chi connectivity index (χ3n) is 2.43. The molecule has 0 fully saturated rings. The van der Waals surface area contributed by atoms with E-state index in [9.17, 15) is 0 Å². The van der Waals surface area contributed by atoms with Crippen LogP contribution in [0.15, 0.2) is 0 Å².